The van der Waals surface area contributed by atoms with Gasteiger partial charge in [-0.1, -0.05) is 48.0 Å². The molecule has 1 heterocycles. The van der Waals surface area contributed by atoms with Crippen LogP contribution in [0.2, 0.25) is 5.02 Å². The fraction of sp³-hybridized carbons (Fsp3) is 0.125. The number of anilines is 1. The van der Waals surface area contributed by atoms with E-state index in [9.17, 15) is 4.79 Å². The largest absolute Gasteiger partial charge is 0.497 e. The van der Waals surface area contributed by atoms with Gasteiger partial charge in [0.1, 0.15) is 5.75 Å². The third-order valence-corrected chi connectivity index (χ3v) is 5.29. The smallest absolute Gasteiger partial charge is 0.281 e. The van der Waals surface area contributed by atoms with Gasteiger partial charge in [-0.2, -0.15) is 9.67 Å². The summed E-state index contributed by atoms with van der Waals surface area (Å²) in [5.41, 5.74) is 3.10. The first-order valence-corrected chi connectivity index (χ1v) is 10.1. The van der Waals surface area contributed by atoms with Gasteiger partial charge in [-0.15, -0.1) is 5.10 Å². The second-order valence-electron chi connectivity index (χ2n) is 6.96. The number of carbonyl (C=O) groups is 1. The first kappa shape index (κ1) is 20.6. The summed E-state index contributed by atoms with van der Waals surface area (Å²) in [4.78, 5) is 17.9. The fourth-order valence-corrected chi connectivity index (χ4v) is 3.38. The van der Waals surface area contributed by atoms with Crippen molar-refractivity contribution in [1.29, 1.82) is 0 Å². The summed E-state index contributed by atoms with van der Waals surface area (Å²) in [7, 11) is 1.61. The van der Waals surface area contributed by atoms with E-state index in [1.165, 1.54) is 4.68 Å². The molecule has 0 spiro atoms. The highest BCUT2D eigenvalue weighted by atomic mass is 35.5. The van der Waals surface area contributed by atoms with E-state index in [0.29, 0.717) is 28.9 Å². The summed E-state index contributed by atoms with van der Waals surface area (Å²) in [5, 5.41) is 8.36. The van der Waals surface area contributed by atoms with Crippen molar-refractivity contribution in [2.45, 2.75) is 13.5 Å². The number of hydrogen-bond donors (Lipinski definition) is 1. The molecule has 4 rings (SSSR count). The number of methoxy groups -OCH3 is 1. The van der Waals surface area contributed by atoms with E-state index in [4.69, 9.17) is 16.3 Å². The number of halogens is 1. The highest BCUT2D eigenvalue weighted by Crippen LogP contribution is 2.23. The Morgan fingerprint density at radius 2 is 1.74 bits per heavy atom. The molecular formula is C24H21ClN4O2. The van der Waals surface area contributed by atoms with Gasteiger partial charge >= 0.3 is 0 Å². The lowest BCUT2D eigenvalue weighted by molar-refractivity contribution is 0.0947. The van der Waals surface area contributed by atoms with Crippen LogP contribution in [-0.4, -0.2) is 27.8 Å². The summed E-state index contributed by atoms with van der Waals surface area (Å²) in [6.45, 7) is 2.30. The third kappa shape index (κ3) is 4.44. The van der Waals surface area contributed by atoms with Crippen LogP contribution >= 0.6 is 11.6 Å². The van der Waals surface area contributed by atoms with Crippen molar-refractivity contribution in [3.8, 4) is 17.1 Å². The lowest BCUT2D eigenvalue weighted by Gasteiger charge is -2.09. The molecule has 3 aromatic carbocycles. The van der Waals surface area contributed by atoms with Crippen LogP contribution in [0.25, 0.3) is 11.4 Å². The third-order valence-electron chi connectivity index (χ3n) is 4.92. The van der Waals surface area contributed by atoms with Gasteiger partial charge in [0.25, 0.3) is 5.91 Å². The Morgan fingerprint density at radius 1 is 1.03 bits per heavy atom. The Bertz CT molecular complexity index is 1220. The number of ether oxygens (including phenoxy) is 1. The van der Waals surface area contributed by atoms with Crippen molar-refractivity contribution >= 4 is 23.5 Å². The Hall–Kier alpha value is -3.64. The predicted molar refractivity (Wildman–Crippen MR) is 122 cm³/mol. The maximum Gasteiger partial charge on any atom is 0.281 e. The minimum absolute atomic E-state index is 0.257. The Balaban J connectivity index is 1.72. The molecule has 6 nitrogen and oxygen atoms in total. The molecular weight excluding hydrogens is 412 g/mol. The van der Waals surface area contributed by atoms with Crippen LogP contribution in [0.4, 0.5) is 5.95 Å². The Morgan fingerprint density at radius 3 is 2.45 bits per heavy atom. The Kier molecular flexibility index (Phi) is 6.00. The van der Waals surface area contributed by atoms with Crippen LogP contribution in [0.3, 0.4) is 0 Å². The predicted octanol–water partition coefficient (Wildman–Crippen LogP) is 5.22. The summed E-state index contributed by atoms with van der Waals surface area (Å²) in [5.74, 6) is 1.26. The molecule has 0 aliphatic rings. The number of aryl methyl sites for hydroxylation is 1. The van der Waals surface area contributed by atoms with E-state index in [1.807, 2.05) is 73.7 Å². The number of hydrogen-bond acceptors (Lipinski definition) is 5. The molecule has 0 saturated heterocycles. The average Bonchev–Trinajstić information content (AvgIpc) is 3.23. The van der Waals surface area contributed by atoms with E-state index >= 15 is 0 Å². The van der Waals surface area contributed by atoms with Crippen LogP contribution in [0.15, 0.2) is 72.8 Å². The van der Waals surface area contributed by atoms with Gasteiger partial charge in [0.15, 0.2) is 5.82 Å². The molecule has 0 amide bonds. The van der Waals surface area contributed by atoms with Crippen LogP contribution in [0.5, 0.6) is 5.75 Å². The summed E-state index contributed by atoms with van der Waals surface area (Å²) < 4.78 is 6.52. The lowest BCUT2D eigenvalue weighted by atomic mass is 10.1. The van der Waals surface area contributed by atoms with Crippen molar-refractivity contribution in [2.24, 2.45) is 0 Å². The second-order valence-corrected chi connectivity index (χ2v) is 7.37. The zero-order valence-corrected chi connectivity index (χ0v) is 17.9. The minimum Gasteiger partial charge on any atom is -0.497 e. The van der Waals surface area contributed by atoms with Crippen LogP contribution in [0, 0.1) is 6.92 Å². The lowest BCUT2D eigenvalue weighted by Crippen LogP contribution is -2.18. The molecule has 0 aliphatic carbocycles. The van der Waals surface area contributed by atoms with Crippen molar-refractivity contribution in [2.75, 3.05) is 12.4 Å². The van der Waals surface area contributed by atoms with Crippen molar-refractivity contribution in [1.82, 2.24) is 14.8 Å². The molecule has 0 aliphatic heterocycles. The highest BCUT2D eigenvalue weighted by molar-refractivity contribution is 6.31. The summed E-state index contributed by atoms with van der Waals surface area (Å²) in [6.07, 6.45) is 0. The van der Waals surface area contributed by atoms with Crippen molar-refractivity contribution < 1.29 is 9.53 Å². The monoisotopic (exact) mass is 432 g/mol. The van der Waals surface area contributed by atoms with E-state index < -0.39 is 0 Å². The van der Waals surface area contributed by atoms with Crippen molar-refractivity contribution in [3.05, 3.63) is 94.5 Å². The first-order chi connectivity index (χ1) is 15.1. The number of aromatic nitrogens is 3. The maximum atomic E-state index is 13.3. The number of carbonyl (C=O) groups excluding carboxylic acids is 1. The van der Waals surface area contributed by atoms with E-state index in [1.54, 1.807) is 13.2 Å². The SMILES string of the molecule is COc1ccc(-c2nc(NCc3ccccc3Cl)n(C(=O)c3ccccc3C)n2)cc1. The number of nitrogens with one attached hydrogen (secondary N) is 1. The van der Waals surface area contributed by atoms with Gasteiger partial charge in [-0.25, -0.2) is 0 Å². The summed E-state index contributed by atoms with van der Waals surface area (Å²) in [6, 6.07) is 22.3. The number of benzene rings is 3. The van der Waals surface area contributed by atoms with Gasteiger partial charge in [0.05, 0.1) is 7.11 Å². The van der Waals surface area contributed by atoms with Gasteiger partial charge in [-0.05, 0) is 54.4 Å². The molecule has 0 fully saturated rings. The molecule has 1 aromatic heterocycles. The molecule has 0 radical (unpaired) electrons. The second kappa shape index (κ2) is 9.02. The number of nitrogens with zero attached hydrogens (tertiary/aromatic N) is 3. The molecule has 4 aromatic rings. The Labute approximate surface area is 185 Å². The van der Waals surface area contributed by atoms with E-state index in [0.717, 1.165) is 22.4 Å². The minimum atomic E-state index is -0.257. The van der Waals surface area contributed by atoms with Crippen LogP contribution in [0.1, 0.15) is 21.5 Å². The quantitative estimate of drug-likeness (QED) is 0.452. The number of rotatable bonds is 6. The fourth-order valence-electron chi connectivity index (χ4n) is 3.17. The van der Waals surface area contributed by atoms with Crippen molar-refractivity contribution in [3.63, 3.8) is 0 Å². The van der Waals surface area contributed by atoms with E-state index in [2.05, 4.69) is 15.4 Å². The topological polar surface area (TPSA) is 69.0 Å². The molecule has 7 heteroatoms. The highest BCUT2D eigenvalue weighted by Gasteiger charge is 2.20. The molecule has 0 atom stereocenters. The van der Waals surface area contributed by atoms with Gasteiger partial charge in [0, 0.05) is 22.7 Å². The first-order valence-electron chi connectivity index (χ1n) is 9.76. The molecule has 0 unspecified atom stereocenters. The normalized spacial score (nSPS) is 10.7. The van der Waals surface area contributed by atoms with Gasteiger partial charge < -0.3 is 10.1 Å². The molecule has 0 saturated carbocycles. The molecule has 156 valence electrons. The zero-order valence-electron chi connectivity index (χ0n) is 17.2. The van der Waals surface area contributed by atoms with Crippen LogP contribution in [-0.2, 0) is 6.54 Å². The summed E-state index contributed by atoms with van der Waals surface area (Å²) >= 11 is 6.28. The molecule has 31 heavy (non-hydrogen) atoms. The zero-order chi connectivity index (χ0) is 21.8. The molecule has 0 bridgehead atoms. The van der Waals surface area contributed by atoms with E-state index in [-0.39, 0.29) is 5.91 Å². The molecule has 1 N–H and O–H groups in total. The van der Waals surface area contributed by atoms with Crippen LogP contribution < -0.4 is 10.1 Å². The average molecular weight is 433 g/mol. The standard InChI is InChI=1S/C24H21ClN4O2/c1-16-7-3-5-9-20(16)23(30)29-24(26-15-18-8-4-6-10-21(18)25)27-22(28-29)17-11-13-19(31-2)14-12-17/h3-14H,15H2,1-2H3,(H,26,27,28). The van der Waals surface area contributed by atoms with Gasteiger partial charge in [0.2, 0.25) is 5.95 Å². The van der Waals surface area contributed by atoms with Gasteiger partial charge in [-0.3, -0.25) is 4.79 Å². The maximum absolute atomic E-state index is 13.3.